The highest BCUT2D eigenvalue weighted by molar-refractivity contribution is 6.47. The van der Waals surface area contributed by atoms with E-state index < -0.39 is 11.7 Å². The van der Waals surface area contributed by atoms with Crippen molar-refractivity contribution in [1.29, 1.82) is 10.8 Å². The van der Waals surface area contributed by atoms with Gasteiger partial charge in [0.1, 0.15) is 17.3 Å². The van der Waals surface area contributed by atoms with Crippen molar-refractivity contribution in [3.05, 3.63) is 47.5 Å². The largest absolute Gasteiger partial charge is 0.508 e. The number of amides is 1. The summed E-state index contributed by atoms with van der Waals surface area (Å²) in [4.78, 5) is 15.2. The van der Waals surface area contributed by atoms with Crippen molar-refractivity contribution in [3.63, 3.8) is 0 Å². The molecule has 0 spiro atoms. The Morgan fingerprint density at radius 2 is 1.65 bits per heavy atom. The number of nitrogens with one attached hydrogen (secondary N) is 2. The van der Waals surface area contributed by atoms with E-state index in [1.54, 1.807) is 12.1 Å². The first-order chi connectivity index (χ1) is 14.7. The van der Waals surface area contributed by atoms with Crippen LogP contribution in [0.5, 0.6) is 11.5 Å². The first kappa shape index (κ1) is 22.1. The summed E-state index contributed by atoms with van der Waals surface area (Å²) < 4.78 is 0. The number of amidine groups is 2. The molecule has 3 rings (SSSR count). The Morgan fingerprint density at radius 3 is 2.19 bits per heavy atom. The second kappa shape index (κ2) is 9.07. The van der Waals surface area contributed by atoms with Crippen molar-refractivity contribution >= 4 is 29.0 Å². The number of rotatable bonds is 4. The van der Waals surface area contributed by atoms with E-state index in [9.17, 15) is 15.0 Å². The summed E-state index contributed by atoms with van der Waals surface area (Å²) in [6.07, 6.45) is 3.51. The number of nitrogens with zero attached hydrogens (tertiary/aromatic N) is 2. The molecule has 1 amide bonds. The minimum Gasteiger partial charge on any atom is -0.508 e. The first-order valence-corrected chi connectivity index (χ1v) is 10.4. The molecule has 0 radical (unpaired) electrons. The summed E-state index contributed by atoms with van der Waals surface area (Å²) in [6.45, 7) is 5.72. The van der Waals surface area contributed by atoms with Crippen LogP contribution in [0.15, 0.2) is 36.4 Å². The number of phenols is 2. The lowest BCUT2D eigenvalue weighted by atomic mass is 9.98. The highest BCUT2D eigenvalue weighted by Crippen LogP contribution is 2.34. The highest BCUT2D eigenvalue weighted by Gasteiger charge is 2.26. The monoisotopic (exact) mass is 423 g/mol. The molecule has 1 aliphatic heterocycles. The average Bonchev–Trinajstić information content (AvgIpc) is 2.74. The minimum absolute atomic E-state index is 0.0555. The van der Waals surface area contributed by atoms with Gasteiger partial charge in [-0.15, -0.1) is 0 Å². The zero-order chi connectivity index (χ0) is 22.7. The molecule has 2 aromatic rings. The van der Waals surface area contributed by atoms with E-state index in [0.717, 1.165) is 36.5 Å². The predicted molar refractivity (Wildman–Crippen MR) is 123 cm³/mol. The van der Waals surface area contributed by atoms with Crippen molar-refractivity contribution < 1.29 is 15.0 Å². The van der Waals surface area contributed by atoms with Gasteiger partial charge in [0.15, 0.2) is 5.84 Å². The molecule has 8 heteroatoms. The van der Waals surface area contributed by atoms with Crippen LogP contribution in [0.25, 0.3) is 0 Å². The Kier molecular flexibility index (Phi) is 6.48. The first-order valence-electron chi connectivity index (χ1n) is 10.4. The van der Waals surface area contributed by atoms with E-state index in [-0.39, 0.29) is 28.8 Å². The van der Waals surface area contributed by atoms with Crippen LogP contribution in [0.4, 0.5) is 11.4 Å². The number of carbonyl (C=O) groups is 1. The lowest BCUT2D eigenvalue weighted by molar-refractivity contribution is -0.112. The van der Waals surface area contributed by atoms with Gasteiger partial charge in [0.25, 0.3) is 5.91 Å². The molecule has 8 nitrogen and oxygen atoms in total. The molecule has 0 unspecified atom stereocenters. The summed E-state index contributed by atoms with van der Waals surface area (Å²) in [5, 5.41) is 37.3. The van der Waals surface area contributed by atoms with E-state index in [0.29, 0.717) is 11.3 Å². The van der Waals surface area contributed by atoms with Gasteiger partial charge < -0.3 is 20.8 Å². The molecule has 6 N–H and O–H groups in total. The van der Waals surface area contributed by atoms with Crippen molar-refractivity contribution in [2.24, 2.45) is 5.73 Å². The van der Waals surface area contributed by atoms with Crippen LogP contribution in [0.1, 0.15) is 50.2 Å². The molecule has 31 heavy (non-hydrogen) atoms. The van der Waals surface area contributed by atoms with Gasteiger partial charge in [0.05, 0.1) is 5.56 Å². The Balaban J connectivity index is 2.00. The smallest absolute Gasteiger partial charge is 0.284 e. The Bertz CT molecular complexity index is 995. The number of hydrogen-bond acceptors (Lipinski definition) is 6. The van der Waals surface area contributed by atoms with Gasteiger partial charge in [-0.25, -0.2) is 0 Å². The molecular weight excluding hydrogens is 394 g/mol. The molecule has 0 atom stereocenters. The lowest BCUT2D eigenvalue weighted by Crippen LogP contribution is -2.44. The molecule has 1 aliphatic rings. The number of hydrogen-bond donors (Lipinski definition) is 5. The molecule has 1 heterocycles. The molecule has 1 fully saturated rings. The third kappa shape index (κ3) is 4.63. The fraction of sp³-hybridized carbons (Fsp3) is 0.348. The fourth-order valence-corrected chi connectivity index (χ4v) is 3.81. The zero-order valence-electron chi connectivity index (χ0n) is 17.9. The number of nitrogens with two attached hydrogens (primary N) is 1. The van der Waals surface area contributed by atoms with Gasteiger partial charge >= 0.3 is 0 Å². The van der Waals surface area contributed by atoms with Crippen LogP contribution in [0.2, 0.25) is 0 Å². The number of anilines is 2. The van der Waals surface area contributed by atoms with Gasteiger partial charge in [-0.3, -0.25) is 20.5 Å². The molecule has 0 saturated carbocycles. The molecule has 0 aromatic heterocycles. The van der Waals surface area contributed by atoms with E-state index in [2.05, 4.69) is 4.90 Å². The Labute approximate surface area is 181 Å². The molecule has 2 aromatic carbocycles. The van der Waals surface area contributed by atoms with E-state index >= 15 is 0 Å². The topological polar surface area (TPSA) is 138 Å². The summed E-state index contributed by atoms with van der Waals surface area (Å²) in [5.41, 5.74) is 7.45. The predicted octanol–water partition coefficient (Wildman–Crippen LogP) is 3.51. The van der Waals surface area contributed by atoms with Crippen LogP contribution < -0.4 is 15.5 Å². The van der Waals surface area contributed by atoms with Crippen molar-refractivity contribution in [1.82, 2.24) is 0 Å². The molecule has 0 bridgehead atoms. The van der Waals surface area contributed by atoms with Gasteiger partial charge in [0, 0.05) is 30.5 Å². The maximum absolute atomic E-state index is 11.8. The summed E-state index contributed by atoms with van der Waals surface area (Å²) in [6, 6.07) is 9.93. The standard InChI is InChI=1S/C23H29N5O3/c1-14(2)17-12-18(20(30)13-19(17)29)21(24)28(22(25)23(26)31)16-8-6-15(7-9-16)27-10-4-3-5-11-27/h6-9,12-14,24-25,29-30H,3-5,10-11H2,1-2H3,(H2,26,31). The van der Waals surface area contributed by atoms with Crippen molar-refractivity contribution in [2.45, 2.75) is 39.0 Å². The number of benzene rings is 2. The van der Waals surface area contributed by atoms with Gasteiger partial charge in [0.2, 0.25) is 0 Å². The summed E-state index contributed by atoms with van der Waals surface area (Å²) >= 11 is 0. The van der Waals surface area contributed by atoms with Crippen LogP contribution in [0, 0.1) is 10.8 Å². The maximum atomic E-state index is 11.8. The van der Waals surface area contributed by atoms with Crippen LogP contribution in [-0.2, 0) is 4.79 Å². The third-order valence-electron chi connectivity index (χ3n) is 5.53. The normalized spacial score (nSPS) is 13.8. The SMILES string of the molecule is CC(C)c1cc(C(=N)N(C(=N)C(N)=O)c2ccc(N3CCCCC3)cc2)c(O)cc1O. The quantitative estimate of drug-likeness (QED) is 0.378. The average molecular weight is 424 g/mol. The van der Waals surface area contributed by atoms with E-state index in [1.807, 2.05) is 26.0 Å². The van der Waals surface area contributed by atoms with Crippen molar-refractivity contribution in [2.75, 3.05) is 22.9 Å². The van der Waals surface area contributed by atoms with Gasteiger partial charge in [-0.05, 0) is 61.1 Å². The summed E-state index contributed by atoms with van der Waals surface area (Å²) in [7, 11) is 0. The number of primary amides is 1. The number of piperidine rings is 1. The second-order valence-corrected chi connectivity index (χ2v) is 8.04. The van der Waals surface area contributed by atoms with Gasteiger partial charge in [-0.2, -0.15) is 0 Å². The minimum atomic E-state index is -0.993. The maximum Gasteiger partial charge on any atom is 0.284 e. The summed E-state index contributed by atoms with van der Waals surface area (Å²) in [5.74, 6) is -2.32. The Hall–Kier alpha value is -3.55. The number of aromatic hydroxyl groups is 2. The van der Waals surface area contributed by atoms with Crippen LogP contribution in [0.3, 0.4) is 0 Å². The van der Waals surface area contributed by atoms with Gasteiger partial charge in [-0.1, -0.05) is 13.8 Å². The molecule has 164 valence electrons. The highest BCUT2D eigenvalue weighted by atomic mass is 16.3. The Morgan fingerprint density at radius 1 is 1.03 bits per heavy atom. The lowest BCUT2D eigenvalue weighted by Gasteiger charge is -2.30. The second-order valence-electron chi connectivity index (χ2n) is 8.04. The van der Waals surface area contributed by atoms with Crippen molar-refractivity contribution in [3.8, 4) is 11.5 Å². The zero-order valence-corrected chi connectivity index (χ0v) is 17.9. The fourth-order valence-electron chi connectivity index (χ4n) is 3.81. The van der Waals surface area contributed by atoms with Crippen LogP contribution >= 0.6 is 0 Å². The number of phenolic OH excluding ortho intramolecular Hbond substituents is 2. The number of carbonyl (C=O) groups excluding carboxylic acids is 1. The third-order valence-corrected chi connectivity index (χ3v) is 5.53. The molecular formula is C23H29N5O3. The molecule has 0 aliphatic carbocycles. The van der Waals surface area contributed by atoms with E-state index in [4.69, 9.17) is 16.6 Å². The molecule has 1 saturated heterocycles. The van der Waals surface area contributed by atoms with E-state index in [1.165, 1.54) is 18.6 Å². The van der Waals surface area contributed by atoms with Crippen LogP contribution in [-0.4, -0.2) is 40.9 Å².